The summed E-state index contributed by atoms with van der Waals surface area (Å²) in [6.45, 7) is 5.23. The van der Waals surface area contributed by atoms with Crippen molar-refractivity contribution in [3.05, 3.63) is 28.3 Å². The van der Waals surface area contributed by atoms with Crippen molar-refractivity contribution in [2.75, 3.05) is 31.1 Å². The normalized spacial score (nSPS) is 13.2. The highest BCUT2D eigenvalue weighted by Gasteiger charge is 2.28. The SMILES string of the molecule is CCCCN(CC)C(=O)CN1CC(=O)Oc2cc([N+](=O)[O-])ccc21. The highest BCUT2D eigenvalue weighted by atomic mass is 16.6. The summed E-state index contributed by atoms with van der Waals surface area (Å²) >= 11 is 0. The topological polar surface area (TPSA) is 93.0 Å². The zero-order chi connectivity index (χ0) is 17.7. The number of hydrogen-bond acceptors (Lipinski definition) is 6. The van der Waals surface area contributed by atoms with E-state index in [2.05, 4.69) is 6.92 Å². The Hall–Kier alpha value is -2.64. The predicted molar refractivity (Wildman–Crippen MR) is 88.1 cm³/mol. The number of nitro benzene ring substituents is 1. The first-order chi connectivity index (χ1) is 11.5. The molecule has 0 aromatic heterocycles. The molecule has 0 fully saturated rings. The largest absolute Gasteiger partial charge is 0.423 e. The number of anilines is 1. The molecule has 1 aromatic rings. The fourth-order valence-electron chi connectivity index (χ4n) is 2.57. The number of fused-ring (bicyclic) bond motifs is 1. The van der Waals surface area contributed by atoms with Gasteiger partial charge in [0.15, 0.2) is 5.75 Å². The Bertz CT molecular complexity index is 647. The first-order valence-electron chi connectivity index (χ1n) is 7.98. The molecule has 1 heterocycles. The highest BCUT2D eigenvalue weighted by molar-refractivity contribution is 5.89. The number of likely N-dealkylation sites (N-methyl/N-ethyl adjacent to an activating group) is 1. The third-order valence-corrected chi connectivity index (χ3v) is 3.88. The molecule has 1 aliphatic rings. The van der Waals surface area contributed by atoms with Crippen LogP contribution in [0.15, 0.2) is 18.2 Å². The minimum atomic E-state index is -0.554. The number of unbranched alkanes of at least 4 members (excludes halogenated alkanes) is 1. The summed E-state index contributed by atoms with van der Waals surface area (Å²) in [4.78, 5) is 37.9. The number of benzene rings is 1. The molecule has 2 rings (SSSR count). The number of carbonyl (C=O) groups is 2. The third-order valence-electron chi connectivity index (χ3n) is 3.88. The van der Waals surface area contributed by atoms with Gasteiger partial charge < -0.3 is 14.5 Å². The van der Waals surface area contributed by atoms with Crippen molar-refractivity contribution in [1.82, 2.24) is 4.90 Å². The maximum atomic E-state index is 12.5. The van der Waals surface area contributed by atoms with E-state index in [4.69, 9.17) is 4.74 Å². The molecule has 0 aliphatic carbocycles. The molecule has 0 saturated heterocycles. The summed E-state index contributed by atoms with van der Waals surface area (Å²) in [5.74, 6) is -0.498. The summed E-state index contributed by atoms with van der Waals surface area (Å²) in [7, 11) is 0. The van der Waals surface area contributed by atoms with Crippen molar-refractivity contribution < 1.29 is 19.2 Å². The number of rotatable bonds is 7. The minimum absolute atomic E-state index is 0.0392. The molecule has 24 heavy (non-hydrogen) atoms. The summed E-state index contributed by atoms with van der Waals surface area (Å²) < 4.78 is 5.08. The third kappa shape index (κ3) is 4.01. The van der Waals surface area contributed by atoms with Gasteiger partial charge in [0.05, 0.1) is 23.2 Å². The predicted octanol–water partition coefficient (Wildman–Crippen LogP) is 1.97. The monoisotopic (exact) mass is 335 g/mol. The Morgan fingerprint density at radius 1 is 1.42 bits per heavy atom. The Morgan fingerprint density at radius 2 is 2.17 bits per heavy atom. The molecule has 130 valence electrons. The van der Waals surface area contributed by atoms with Gasteiger partial charge in [0.2, 0.25) is 5.91 Å². The van der Waals surface area contributed by atoms with Gasteiger partial charge in [-0.3, -0.25) is 14.9 Å². The maximum absolute atomic E-state index is 12.5. The Morgan fingerprint density at radius 3 is 2.79 bits per heavy atom. The molecule has 0 radical (unpaired) electrons. The van der Waals surface area contributed by atoms with Gasteiger partial charge in [-0.15, -0.1) is 0 Å². The summed E-state index contributed by atoms with van der Waals surface area (Å²) in [5, 5.41) is 10.8. The van der Waals surface area contributed by atoms with Gasteiger partial charge in [0.1, 0.15) is 6.54 Å². The van der Waals surface area contributed by atoms with Gasteiger partial charge in [-0.2, -0.15) is 0 Å². The second-order valence-electron chi connectivity index (χ2n) is 5.57. The van der Waals surface area contributed by atoms with E-state index in [1.807, 2.05) is 6.92 Å². The molecule has 0 spiro atoms. The molecule has 0 atom stereocenters. The maximum Gasteiger partial charge on any atom is 0.331 e. The minimum Gasteiger partial charge on any atom is -0.423 e. The van der Waals surface area contributed by atoms with Gasteiger partial charge in [0.25, 0.3) is 5.69 Å². The number of ether oxygens (including phenoxy) is 1. The number of carbonyl (C=O) groups excluding carboxylic acids is 2. The van der Waals surface area contributed by atoms with E-state index in [1.54, 1.807) is 9.80 Å². The summed E-state index contributed by atoms with van der Waals surface area (Å²) in [6, 6.07) is 4.05. The van der Waals surface area contributed by atoms with Gasteiger partial charge in [-0.05, 0) is 19.4 Å². The van der Waals surface area contributed by atoms with E-state index >= 15 is 0 Å². The van der Waals surface area contributed by atoms with E-state index < -0.39 is 10.9 Å². The molecule has 8 heteroatoms. The first kappa shape index (κ1) is 17.7. The Balaban J connectivity index is 2.18. The molecule has 0 N–H and O–H groups in total. The second-order valence-corrected chi connectivity index (χ2v) is 5.57. The van der Waals surface area contributed by atoms with Crippen LogP contribution in [-0.2, 0) is 9.59 Å². The average Bonchev–Trinajstić information content (AvgIpc) is 2.54. The van der Waals surface area contributed by atoms with Crippen LogP contribution < -0.4 is 9.64 Å². The van der Waals surface area contributed by atoms with Crippen molar-refractivity contribution in [2.45, 2.75) is 26.7 Å². The van der Waals surface area contributed by atoms with E-state index in [9.17, 15) is 19.7 Å². The van der Waals surface area contributed by atoms with Crippen LogP contribution in [0, 0.1) is 10.1 Å². The van der Waals surface area contributed by atoms with Crippen LogP contribution in [-0.4, -0.2) is 47.9 Å². The van der Waals surface area contributed by atoms with E-state index in [-0.39, 0.29) is 30.4 Å². The van der Waals surface area contributed by atoms with Crippen molar-refractivity contribution in [3.63, 3.8) is 0 Å². The lowest BCUT2D eigenvalue weighted by Gasteiger charge is -2.31. The molecule has 1 aliphatic heterocycles. The molecule has 1 aromatic carbocycles. The van der Waals surface area contributed by atoms with Crippen LogP contribution in [0.2, 0.25) is 0 Å². The van der Waals surface area contributed by atoms with E-state index in [0.29, 0.717) is 18.8 Å². The van der Waals surface area contributed by atoms with Crippen LogP contribution >= 0.6 is 0 Å². The fraction of sp³-hybridized carbons (Fsp3) is 0.500. The van der Waals surface area contributed by atoms with Crippen LogP contribution in [0.4, 0.5) is 11.4 Å². The molecule has 0 unspecified atom stereocenters. The second kappa shape index (κ2) is 7.76. The van der Waals surface area contributed by atoms with Crippen molar-refractivity contribution in [2.24, 2.45) is 0 Å². The number of nitrogens with zero attached hydrogens (tertiary/aromatic N) is 3. The lowest BCUT2D eigenvalue weighted by atomic mass is 10.2. The van der Waals surface area contributed by atoms with Gasteiger partial charge in [-0.1, -0.05) is 13.3 Å². The van der Waals surface area contributed by atoms with Crippen molar-refractivity contribution in [1.29, 1.82) is 0 Å². The molecule has 1 amide bonds. The number of hydrogen-bond donors (Lipinski definition) is 0. The Kier molecular flexibility index (Phi) is 5.73. The standard InChI is InChI=1S/C16H21N3O5/c1-3-5-8-17(4-2)15(20)10-18-11-16(21)24-14-9-12(19(22)23)6-7-13(14)18/h6-7,9H,3-5,8,10-11H2,1-2H3. The van der Waals surface area contributed by atoms with E-state index in [0.717, 1.165) is 12.8 Å². The molecular formula is C16H21N3O5. The molecule has 0 bridgehead atoms. The zero-order valence-electron chi connectivity index (χ0n) is 13.9. The first-order valence-corrected chi connectivity index (χ1v) is 7.98. The van der Waals surface area contributed by atoms with Crippen LogP contribution in [0.5, 0.6) is 5.75 Å². The van der Waals surface area contributed by atoms with Crippen molar-refractivity contribution >= 4 is 23.3 Å². The number of non-ortho nitro benzene ring substituents is 1. The Labute approximate surface area is 140 Å². The van der Waals surface area contributed by atoms with E-state index in [1.165, 1.54) is 18.2 Å². The van der Waals surface area contributed by atoms with Gasteiger partial charge in [0, 0.05) is 19.2 Å². The van der Waals surface area contributed by atoms with Crippen molar-refractivity contribution in [3.8, 4) is 5.75 Å². The van der Waals surface area contributed by atoms with Gasteiger partial charge >= 0.3 is 5.97 Å². The molecular weight excluding hydrogens is 314 g/mol. The van der Waals surface area contributed by atoms with Crippen LogP contribution in [0.1, 0.15) is 26.7 Å². The average molecular weight is 335 g/mol. The van der Waals surface area contributed by atoms with Crippen LogP contribution in [0.3, 0.4) is 0 Å². The number of amides is 1. The quantitative estimate of drug-likeness (QED) is 0.327. The van der Waals surface area contributed by atoms with Gasteiger partial charge in [-0.25, -0.2) is 4.79 Å². The fourth-order valence-corrected chi connectivity index (χ4v) is 2.57. The number of nitro groups is 1. The molecule has 8 nitrogen and oxygen atoms in total. The highest BCUT2D eigenvalue weighted by Crippen LogP contribution is 2.35. The number of esters is 1. The molecule has 0 saturated carbocycles. The zero-order valence-corrected chi connectivity index (χ0v) is 13.9. The summed E-state index contributed by atoms with van der Waals surface area (Å²) in [5.41, 5.74) is 0.355. The summed E-state index contributed by atoms with van der Waals surface area (Å²) in [6.07, 6.45) is 1.91. The van der Waals surface area contributed by atoms with Crippen LogP contribution in [0.25, 0.3) is 0 Å². The smallest absolute Gasteiger partial charge is 0.331 e. The lowest BCUT2D eigenvalue weighted by Crippen LogP contribution is -2.45. The lowest BCUT2D eigenvalue weighted by molar-refractivity contribution is -0.384.